The van der Waals surface area contributed by atoms with Crippen LogP contribution in [0.25, 0.3) is 22.4 Å². The summed E-state index contributed by atoms with van der Waals surface area (Å²) in [5.41, 5.74) is 7.86. The van der Waals surface area contributed by atoms with E-state index in [4.69, 9.17) is 5.48 Å². The first-order valence-electron chi connectivity index (χ1n) is 11.1. The van der Waals surface area contributed by atoms with Crippen molar-refractivity contribution in [1.82, 2.24) is 0 Å². The minimum atomic E-state index is -2.43. The van der Waals surface area contributed by atoms with Gasteiger partial charge in [0.15, 0.2) is 6.20 Å². The Balaban J connectivity index is 2.19. The minimum Gasteiger partial charge on any atom is -0.201 e. The van der Waals surface area contributed by atoms with Gasteiger partial charge in [0.25, 0.3) is 0 Å². The molecular formula is C25H28N+. The number of hydrogen-bond donors (Lipinski definition) is 0. The molecule has 0 spiro atoms. The second-order valence-corrected chi connectivity index (χ2v) is 7.84. The van der Waals surface area contributed by atoms with Gasteiger partial charge < -0.3 is 0 Å². The van der Waals surface area contributed by atoms with Crippen molar-refractivity contribution in [3.8, 4) is 22.4 Å². The zero-order valence-corrected chi connectivity index (χ0v) is 16.1. The highest BCUT2D eigenvalue weighted by Crippen LogP contribution is 2.53. The van der Waals surface area contributed by atoms with Crippen molar-refractivity contribution < 1.29 is 10.1 Å². The highest BCUT2D eigenvalue weighted by molar-refractivity contribution is 5.89. The van der Waals surface area contributed by atoms with Gasteiger partial charge in [0.05, 0.1) is 5.56 Å². The molecule has 132 valence electrons. The molecule has 1 aliphatic carbocycles. The van der Waals surface area contributed by atoms with Gasteiger partial charge in [-0.15, -0.1) is 0 Å². The van der Waals surface area contributed by atoms with E-state index < -0.39 is 12.7 Å². The molecule has 0 saturated carbocycles. The highest BCUT2D eigenvalue weighted by atomic mass is 14.9. The van der Waals surface area contributed by atoms with Crippen LogP contribution in [0.1, 0.15) is 61.3 Å². The average Bonchev–Trinajstić information content (AvgIpc) is 2.89. The van der Waals surface area contributed by atoms with Gasteiger partial charge in [-0.3, -0.25) is 0 Å². The molecule has 1 aromatic heterocycles. The molecule has 0 bridgehead atoms. The Kier molecular flexibility index (Phi) is 2.87. The molecule has 0 radical (unpaired) electrons. The predicted octanol–water partition coefficient (Wildman–Crippen LogP) is 5.92. The van der Waals surface area contributed by atoms with Crippen LogP contribution < -0.4 is 4.57 Å². The standard InChI is InChI=1S/C25H28N/c1-16(2)19-15-20-18-11-7-8-12-21(18)25(4,5)24(20)23(17(19)3)22-13-9-10-14-26(22)6/h7-16H,1-6H3/q+1/i1D3,16D. The summed E-state index contributed by atoms with van der Waals surface area (Å²) < 4.78 is 35.1. The van der Waals surface area contributed by atoms with Crippen molar-refractivity contribution in [1.29, 1.82) is 0 Å². The predicted molar refractivity (Wildman–Crippen MR) is 109 cm³/mol. The first-order valence-corrected chi connectivity index (χ1v) is 9.12. The van der Waals surface area contributed by atoms with Gasteiger partial charge in [0, 0.05) is 23.0 Å². The van der Waals surface area contributed by atoms with E-state index >= 15 is 0 Å². The summed E-state index contributed by atoms with van der Waals surface area (Å²) in [6.07, 6.45) is 2.01. The lowest BCUT2D eigenvalue weighted by atomic mass is 9.76. The third-order valence-corrected chi connectivity index (χ3v) is 5.82. The molecule has 3 aromatic rings. The second-order valence-electron chi connectivity index (χ2n) is 7.84. The monoisotopic (exact) mass is 346 g/mol. The molecule has 0 fully saturated rings. The van der Waals surface area contributed by atoms with E-state index in [0.717, 1.165) is 27.9 Å². The van der Waals surface area contributed by atoms with Crippen molar-refractivity contribution in [2.24, 2.45) is 7.05 Å². The summed E-state index contributed by atoms with van der Waals surface area (Å²) in [6, 6.07) is 16.4. The van der Waals surface area contributed by atoms with Crippen LogP contribution in [0.15, 0.2) is 54.7 Å². The highest BCUT2D eigenvalue weighted by Gasteiger charge is 2.40. The van der Waals surface area contributed by atoms with E-state index in [1.807, 2.05) is 44.4 Å². The van der Waals surface area contributed by atoms with Crippen LogP contribution >= 0.6 is 0 Å². The molecular weight excluding hydrogens is 314 g/mol. The zero-order chi connectivity index (χ0) is 22.1. The Morgan fingerprint density at radius 1 is 1.08 bits per heavy atom. The molecule has 1 unspecified atom stereocenters. The van der Waals surface area contributed by atoms with Gasteiger partial charge in [0.1, 0.15) is 7.05 Å². The fraction of sp³-hybridized carbons (Fsp3) is 0.320. The van der Waals surface area contributed by atoms with E-state index in [0.29, 0.717) is 5.56 Å². The molecule has 1 heterocycles. The van der Waals surface area contributed by atoms with E-state index in [9.17, 15) is 0 Å². The zero-order valence-electron chi connectivity index (χ0n) is 20.1. The van der Waals surface area contributed by atoms with Crippen LogP contribution in [-0.2, 0) is 12.5 Å². The van der Waals surface area contributed by atoms with Gasteiger partial charge in [-0.2, -0.15) is 0 Å². The molecule has 0 amide bonds. The fourth-order valence-corrected chi connectivity index (χ4v) is 4.53. The summed E-state index contributed by atoms with van der Waals surface area (Å²) in [7, 11) is 2.01. The summed E-state index contributed by atoms with van der Waals surface area (Å²) in [5.74, 6) is -1.71. The van der Waals surface area contributed by atoms with E-state index in [2.05, 4.69) is 42.7 Å². The van der Waals surface area contributed by atoms with Crippen molar-refractivity contribution in [2.75, 3.05) is 0 Å². The van der Waals surface area contributed by atoms with Crippen molar-refractivity contribution >= 4 is 0 Å². The van der Waals surface area contributed by atoms with Gasteiger partial charge >= 0.3 is 0 Å². The van der Waals surface area contributed by atoms with Gasteiger partial charge in [-0.1, -0.05) is 58.0 Å². The number of aromatic nitrogens is 1. The maximum absolute atomic E-state index is 8.85. The summed E-state index contributed by atoms with van der Waals surface area (Å²) in [5, 5.41) is 0. The second kappa shape index (κ2) is 5.81. The molecule has 0 aliphatic heterocycles. The normalized spacial score (nSPS) is 19.4. The summed E-state index contributed by atoms with van der Waals surface area (Å²) in [4.78, 5) is 0. The Hall–Kier alpha value is -2.41. The Morgan fingerprint density at radius 3 is 2.54 bits per heavy atom. The number of nitrogens with zero attached hydrogens (tertiary/aromatic N) is 1. The smallest absolute Gasteiger partial charge is 0.201 e. The van der Waals surface area contributed by atoms with Crippen LogP contribution in [0.3, 0.4) is 0 Å². The molecule has 1 nitrogen and oxygen atoms in total. The Bertz CT molecular complexity index is 1160. The van der Waals surface area contributed by atoms with E-state index in [1.165, 1.54) is 18.1 Å². The van der Waals surface area contributed by atoms with Gasteiger partial charge in [0.2, 0.25) is 5.69 Å². The number of pyridine rings is 1. The van der Waals surface area contributed by atoms with Crippen LogP contribution in [0.5, 0.6) is 0 Å². The first-order chi connectivity index (χ1) is 13.9. The number of hydrogen-bond acceptors (Lipinski definition) is 0. The lowest BCUT2D eigenvalue weighted by Crippen LogP contribution is -2.31. The van der Waals surface area contributed by atoms with Gasteiger partial charge in [-0.25, -0.2) is 4.57 Å². The SMILES string of the molecule is [2H]C([2H])([2H])C([2H])(C)c1cc2c(c(-c3cccc[n+]3C)c1C)C(C)(C)c1ccccc1-2. The number of fused-ring (bicyclic) bond motifs is 3. The number of rotatable bonds is 2. The minimum absolute atomic E-state index is 0.230. The Morgan fingerprint density at radius 2 is 1.81 bits per heavy atom. The molecule has 2 aromatic carbocycles. The lowest BCUT2D eigenvalue weighted by Gasteiger charge is -2.26. The van der Waals surface area contributed by atoms with Gasteiger partial charge in [-0.05, 0) is 52.3 Å². The Labute approximate surface area is 163 Å². The van der Waals surface area contributed by atoms with Crippen LogP contribution in [0.4, 0.5) is 0 Å². The third-order valence-electron chi connectivity index (χ3n) is 5.82. The summed E-state index contributed by atoms with van der Waals surface area (Å²) in [6.45, 7) is 5.50. The van der Waals surface area contributed by atoms with E-state index in [-0.39, 0.29) is 5.41 Å². The van der Waals surface area contributed by atoms with Crippen molar-refractivity contribution in [2.45, 2.75) is 45.9 Å². The molecule has 4 rings (SSSR count). The number of aryl methyl sites for hydroxylation is 1. The first kappa shape index (κ1) is 12.9. The summed E-state index contributed by atoms with van der Waals surface area (Å²) >= 11 is 0. The largest absolute Gasteiger partial charge is 0.212 e. The molecule has 0 saturated heterocycles. The van der Waals surface area contributed by atoms with Crippen molar-refractivity contribution in [3.05, 3.63) is 77.0 Å². The topological polar surface area (TPSA) is 3.88 Å². The molecule has 1 aliphatic rings. The molecule has 1 atom stereocenters. The number of benzene rings is 2. The average molecular weight is 347 g/mol. The van der Waals surface area contributed by atoms with Crippen molar-refractivity contribution in [3.63, 3.8) is 0 Å². The molecule has 1 heteroatoms. The van der Waals surface area contributed by atoms with Crippen LogP contribution in [0, 0.1) is 6.92 Å². The fourth-order valence-electron chi connectivity index (χ4n) is 4.53. The third kappa shape index (κ3) is 2.26. The maximum Gasteiger partial charge on any atom is 0.212 e. The van der Waals surface area contributed by atoms with E-state index in [1.54, 1.807) is 0 Å². The quantitative estimate of drug-likeness (QED) is 0.507. The lowest BCUT2D eigenvalue weighted by molar-refractivity contribution is -0.660. The molecule has 0 N–H and O–H groups in total. The maximum atomic E-state index is 8.85. The van der Waals surface area contributed by atoms with Crippen LogP contribution in [-0.4, -0.2) is 0 Å². The van der Waals surface area contributed by atoms with Crippen LogP contribution in [0.2, 0.25) is 0 Å². The molecule has 26 heavy (non-hydrogen) atoms.